The zero-order valence-corrected chi connectivity index (χ0v) is 33.8. The van der Waals surface area contributed by atoms with E-state index in [0.29, 0.717) is 70.2 Å². The highest BCUT2D eigenvalue weighted by atomic mass is 16.3. The third kappa shape index (κ3) is 9.28. The van der Waals surface area contributed by atoms with Gasteiger partial charge in [0.15, 0.2) is 11.5 Å². The number of benzene rings is 4. The number of hydrogen-bond acceptors (Lipinski definition) is 8. The average molecular weight is 769 g/mol. The first-order chi connectivity index (χ1) is 26.9. The Balaban J connectivity index is 1.96. The SMILES string of the molecule is CCCCCC1c2cc(c(O)cc2O)C(CCCCC)c2cc(c(O)cc2O)C(CCCCC)c2cc(O)c(O)cc2C(CCCCC)c2cc1c(O)cc2O. The van der Waals surface area contributed by atoms with E-state index in [-0.39, 0.29) is 46.0 Å². The normalized spacial score (nSPS) is 17.9. The Bertz CT molecular complexity index is 1800. The first kappa shape index (κ1) is 42.4. The molecule has 4 aromatic rings. The molecule has 0 radical (unpaired) electrons. The van der Waals surface area contributed by atoms with E-state index in [0.717, 1.165) is 77.0 Å². The van der Waals surface area contributed by atoms with Crippen LogP contribution in [0.4, 0.5) is 0 Å². The van der Waals surface area contributed by atoms with Crippen molar-refractivity contribution in [3.8, 4) is 46.0 Å². The smallest absolute Gasteiger partial charge is 0.157 e. The molecule has 1 aliphatic rings. The first-order valence-corrected chi connectivity index (χ1v) is 21.2. The zero-order chi connectivity index (χ0) is 40.5. The second-order valence-electron chi connectivity index (χ2n) is 16.1. The highest BCUT2D eigenvalue weighted by Crippen LogP contribution is 2.52. The lowest BCUT2D eigenvalue weighted by Crippen LogP contribution is -2.12. The summed E-state index contributed by atoms with van der Waals surface area (Å²) < 4.78 is 0. The maximum Gasteiger partial charge on any atom is 0.157 e. The summed E-state index contributed by atoms with van der Waals surface area (Å²) in [5, 5.41) is 92.4. The van der Waals surface area contributed by atoms with E-state index < -0.39 is 23.7 Å². The molecule has 304 valence electrons. The Morgan fingerprint density at radius 1 is 0.268 bits per heavy atom. The van der Waals surface area contributed by atoms with Gasteiger partial charge >= 0.3 is 0 Å². The van der Waals surface area contributed by atoms with Crippen LogP contribution in [0, 0.1) is 0 Å². The number of phenols is 8. The third-order valence-corrected chi connectivity index (χ3v) is 12.1. The quantitative estimate of drug-likeness (QED) is 0.0413. The molecule has 56 heavy (non-hydrogen) atoms. The van der Waals surface area contributed by atoms with Crippen LogP contribution < -0.4 is 0 Å². The standard InChI is InChI=1S/C48H64O8/c1-5-9-13-17-29-33-24-47(55)48(56)25-34(33)30(18-14-10-6-2)36-22-38(44(52)27-42(36)50)32(20-16-12-8-4)40-23-39(45(53)28-46(40)54)31(19-15-11-7-3)37-21-35(29)41(49)26-43(37)51/h21-32,49-56H,5-20H2,1-4H3. The fourth-order valence-corrected chi connectivity index (χ4v) is 9.03. The van der Waals surface area contributed by atoms with Gasteiger partial charge in [-0.25, -0.2) is 0 Å². The maximum absolute atomic E-state index is 11.7. The molecular formula is C48H64O8. The molecule has 0 heterocycles. The molecule has 0 saturated carbocycles. The van der Waals surface area contributed by atoms with Gasteiger partial charge in [0.2, 0.25) is 0 Å². The Kier molecular flexibility index (Phi) is 14.7. The highest BCUT2D eigenvalue weighted by molar-refractivity contribution is 5.62. The van der Waals surface area contributed by atoms with Crippen LogP contribution >= 0.6 is 0 Å². The summed E-state index contributed by atoms with van der Waals surface area (Å²) in [6, 6.07) is 12.8. The average Bonchev–Trinajstić information content (AvgIpc) is 3.15. The summed E-state index contributed by atoms with van der Waals surface area (Å²) >= 11 is 0. The Hall–Kier alpha value is -4.72. The van der Waals surface area contributed by atoms with E-state index in [9.17, 15) is 40.9 Å². The van der Waals surface area contributed by atoms with Crippen LogP contribution in [0.1, 0.15) is 199 Å². The van der Waals surface area contributed by atoms with E-state index in [1.54, 1.807) is 12.1 Å². The van der Waals surface area contributed by atoms with Gasteiger partial charge in [-0.2, -0.15) is 0 Å². The summed E-state index contributed by atoms with van der Waals surface area (Å²) in [6.07, 6.45) is 13.0. The van der Waals surface area contributed by atoms with Crippen molar-refractivity contribution in [3.63, 3.8) is 0 Å². The van der Waals surface area contributed by atoms with Gasteiger partial charge in [0.1, 0.15) is 34.5 Å². The van der Waals surface area contributed by atoms with Crippen LogP contribution in [0.5, 0.6) is 46.0 Å². The summed E-state index contributed by atoms with van der Waals surface area (Å²) in [5.74, 6) is -3.26. The summed E-state index contributed by atoms with van der Waals surface area (Å²) in [7, 11) is 0. The van der Waals surface area contributed by atoms with Crippen LogP contribution in [0.25, 0.3) is 0 Å². The molecule has 0 amide bonds. The zero-order valence-electron chi connectivity index (χ0n) is 33.8. The van der Waals surface area contributed by atoms with E-state index in [2.05, 4.69) is 27.7 Å². The Labute approximate surface area is 333 Å². The molecule has 0 spiro atoms. The first-order valence-electron chi connectivity index (χ1n) is 21.2. The van der Waals surface area contributed by atoms with Gasteiger partial charge in [0, 0.05) is 75.3 Å². The molecule has 0 aliphatic heterocycles. The Morgan fingerprint density at radius 2 is 0.482 bits per heavy atom. The van der Waals surface area contributed by atoms with Crippen molar-refractivity contribution >= 4 is 0 Å². The second kappa shape index (κ2) is 19.4. The molecular weight excluding hydrogens is 705 g/mol. The number of fused-ring (bicyclic) bond motifs is 7. The summed E-state index contributed by atoms with van der Waals surface area (Å²) in [6.45, 7) is 8.47. The van der Waals surface area contributed by atoms with Gasteiger partial charge in [-0.15, -0.1) is 0 Å². The number of aromatic hydroxyl groups is 8. The molecule has 8 heteroatoms. The fourth-order valence-electron chi connectivity index (χ4n) is 9.03. The van der Waals surface area contributed by atoms with Crippen molar-refractivity contribution in [1.29, 1.82) is 0 Å². The monoisotopic (exact) mass is 768 g/mol. The summed E-state index contributed by atoms with van der Waals surface area (Å²) in [5.41, 5.74) is 4.60. The molecule has 4 unspecified atom stereocenters. The van der Waals surface area contributed by atoms with E-state index in [4.69, 9.17) is 0 Å². The minimum atomic E-state index is -0.517. The molecule has 6 bridgehead atoms. The Morgan fingerprint density at radius 3 is 0.696 bits per heavy atom. The minimum absolute atomic E-state index is 0.105. The predicted molar refractivity (Wildman–Crippen MR) is 223 cm³/mol. The van der Waals surface area contributed by atoms with Crippen molar-refractivity contribution in [2.45, 2.75) is 154 Å². The largest absolute Gasteiger partial charge is 0.508 e. The van der Waals surface area contributed by atoms with Gasteiger partial charge in [0.05, 0.1) is 0 Å². The second-order valence-corrected chi connectivity index (χ2v) is 16.1. The van der Waals surface area contributed by atoms with Crippen LogP contribution in [-0.4, -0.2) is 40.9 Å². The summed E-state index contributed by atoms with van der Waals surface area (Å²) in [4.78, 5) is 0. The molecule has 8 nitrogen and oxygen atoms in total. The minimum Gasteiger partial charge on any atom is -0.508 e. The van der Waals surface area contributed by atoms with Gasteiger partial charge in [-0.1, -0.05) is 105 Å². The van der Waals surface area contributed by atoms with Crippen molar-refractivity contribution < 1.29 is 40.9 Å². The fraction of sp³-hybridized carbons (Fsp3) is 0.500. The lowest BCUT2D eigenvalue weighted by atomic mass is 9.75. The van der Waals surface area contributed by atoms with Crippen LogP contribution in [0.2, 0.25) is 0 Å². The van der Waals surface area contributed by atoms with Gasteiger partial charge in [-0.3, -0.25) is 0 Å². The third-order valence-electron chi connectivity index (χ3n) is 12.1. The molecule has 4 aromatic carbocycles. The molecule has 0 saturated heterocycles. The van der Waals surface area contributed by atoms with Gasteiger partial charge < -0.3 is 40.9 Å². The van der Waals surface area contributed by atoms with Crippen molar-refractivity contribution in [2.24, 2.45) is 0 Å². The van der Waals surface area contributed by atoms with Crippen LogP contribution in [0.3, 0.4) is 0 Å². The van der Waals surface area contributed by atoms with Crippen LogP contribution in [0.15, 0.2) is 48.5 Å². The van der Waals surface area contributed by atoms with Gasteiger partial charge in [-0.05, 0) is 67.1 Å². The van der Waals surface area contributed by atoms with E-state index >= 15 is 0 Å². The molecule has 0 aromatic heterocycles. The van der Waals surface area contributed by atoms with Crippen molar-refractivity contribution in [3.05, 3.63) is 93.0 Å². The number of rotatable bonds is 16. The van der Waals surface area contributed by atoms with Crippen molar-refractivity contribution in [2.75, 3.05) is 0 Å². The lowest BCUT2D eigenvalue weighted by molar-refractivity contribution is 0.400. The predicted octanol–water partition coefficient (Wildman–Crippen LogP) is 12.5. The highest BCUT2D eigenvalue weighted by Gasteiger charge is 2.33. The molecule has 8 N–H and O–H groups in total. The van der Waals surface area contributed by atoms with E-state index in [1.807, 2.05) is 18.2 Å². The number of unbranched alkanes of at least 4 members (excludes halogenated alkanes) is 8. The van der Waals surface area contributed by atoms with E-state index in [1.165, 1.54) is 18.2 Å². The number of hydrogen-bond donors (Lipinski definition) is 8. The van der Waals surface area contributed by atoms with Crippen molar-refractivity contribution in [1.82, 2.24) is 0 Å². The lowest BCUT2D eigenvalue weighted by Gasteiger charge is -2.29. The maximum atomic E-state index is 11.7. The van der Waals surface area contributed by atoms with Gasteiger partial charge in [0.25, 0.3) is 0 Å². The topological polar surface area (TPSA) is 162 Å². The molecule has 4 atom stereocenters. The van der Waals surface area contributed by atoms with Crippen LogP contribution in [-0.2, 0) is 0 Å². The molecule has 0 fully saturated rings. The number of phenolic OH excluding ortho intramolecular Hbond substituents is 8. The molecule has 5 rings (SSSR count). The molecule has 1 aliphatic carbocycles.